The Morgan fingerprint density at radius 2 is 1.70 bits per heavy atom. The Hall–Kier alpha value is -3.61. The Labute approximate surface area is 154 Å². The lowest BCUT2D eigenvalue weighted by Gasteiger charge is -2.06. The molecule has 0 aliphatic heterocycles. The number of hydrogen-bond acceptors (Lipinski definition) is 5. The number of carbonyl (C=O) groups excluding carboxylic acids is 2. The quantitative estimate of drug-likeness (QED) is 0.641. The fraction of sp³-hybridized carbons (Fsp3) is 0.100. The fourth-order valence-corrected chi connectivity index (χ4v) is 2.19. The van der Waals surface area contributed by atoms with Crippen molar-refractivity contribution in [2.24, 2.45) is 0 Å². The van der Waals surface area contributed by atoms with Crippen LogP contribution in [0.1, 0.15) is 16.3 Å². The summed E-state index contributed by atoms with van der Waals surface area (Å²) in [5.74, 6) is -0.992. The molecule has 0 saturated carbocycles. The summed E-state index contributed by atoms with van der Waals surface area (Å²) in [5.41, 5.74) is 0.0110. The van der Waals surface area contributed by atoms with Crippen molar-refractivity contribution in [3.8, 4) is 5.75 Å². The maximum absolute atomic E-state index is 13.5. The van der Waals surface area contributed by atoms with Crippen LogP contribution in [0.25, 0.3) is 0 Å². The summed E-state index contributed by atoms with van der Waals surface area (Å²) in [6.45, 7) is -0.422. The van der Waals surface area contributed by atoms with Crippen molar-refractivity contribution in [3.63, 3.8) is 0 Å². The molecule has 1 aromatic heterocycles. The number of amides is 1. The Kier molecular flexibility index (Phi) is 5.84. The smallest absolute Gasteiger partial charge is 0.374 e. The van der Waals surface area contributed by atoms with Gasteiger partial charge in [-0.2, -0.15) is 0 Å². The Bertz CT molecular complexity index is 923. The molecule has 27 heavy (non-hydrogen) atoms. The van der Waals surface area contributed by atoms with E-state index in [0.717, 1.165) is 0 Å². The molecular weight excluding hydrogens is 353 g/mol. The molecule has 3 rings (SSSR count). The third kappa shape index (κ3) is 5.18. The van der Waals surface area contributed by atoms with E-state index in [9.17, 15) is 14.0 Å². The molecule has 0 bridgehead atoms. The van der Waals surface area contributed by atoms with E-state index in [1.807, 2.05) is 18.2 Å². The number of halogens is 1. The highest BCUT2D eigenvalue weighted by molar-refractivity contribution is 5.94. The number of para-hydroxylation sites is 2. The predicted octanol–water partition coefficient (Wildman–Crippen LogP) is 3.79. The van der Waals surface area contributed by atoms with Crippen LogP contribution in [0, 0.1) is 5.82 Å². The van der Waals surface area contributed by atoms with Crippen LogP contribution in [0.3, 0.4) is 0 Å². The van der Waals surface area contributed by atoms with Crippen LogP contribution in [-0.4, -0.2) is 18.5 Å². The first-order valence-electron chi connectivity index (χ1n) is 8.10. The Balaban J connectivity index is 1.47. The summed E-state index contributed by atoms with van der Waals surface area (Å²) >= 11 is 0. The van der Waals surface area contributed by atoms with Crippen molar-refractivity contribution in [1.29, 1.82) is 0 Å². The van der Waals surface area contributed by atoms with Crippen LogP contribution in [-0.2, 0) is 16.1 Å². The van der Waals surface area contributed by atoms with Gasteiger partial charge in [-0.05, 0) is 36.4 Å². The molecule has 3 aromatic rings. The number of carbonyl (C=O) groups is 2. The van der Waals surface area contributed by atoms with E-state index in [0.29, 0.717) is 11.5 Å². The van der Waals surface area contributed by atoms with Gasteiger partial charge < -0.3 is 19.2 Å². The van der Waals surface area contributed by atoms with Crippen LogP contribution in [0.4, 0.5) is 10.1 Å². The molecule has 0 aliphatic rings. The van der Waals surface area contributed by atoms with Crippen LogP contribution in [0.2, 0.25) is 0 Å². The molecule has 6 nitrogen and oxygen atoms in total. The average molecular weight is 369 g/mol. The first-order chi connectivity index (χ1) is 13.1. The van der Waals surface area contributed by atoms with Gasteiger partial charge in [0.05, 0.1) is 5.69 Å². The molecule has 0 aliphatic carbocycles. The summed E-state index contributed by atoms with van der Waals surface area (Å²) in [6, 6.07) is 17.9. The number of rotatable bonds is 7. The van der Waals surface area contributed by atoms with Gasteiger partial charge in [-0.15, -0.1) is 0 Å². The number of furan rings is 1. The highest BCUT2D eigenvalue weighted by Gasteiger charge is 2.15. The van der Waals surface area contributed by atoms with Crippen LogP contribution in [0.15, 0.2) is 71.1 Å². The Morgan fingerprint density at radius 1 is 0.963 bits per heavy atom. The zero-order valence-corrected chi connectivity index (χ0v) is 14.2. The number of anilines is 1. The molecule has 0 atom stereocenters. The number of benzene rings is 2. The van der Waals surface area contributed by atoms with Crippen molar-refractivity contribution in [1.82, 2.24) is 0 Å². The summed E-state index contributed by atoms with van der Waals surface area (Å²) in [4.78, 5) is 23.7. The zero-order chi connectivity index (χ0) is 19.1. The van der Waals surface area contributed by atoms with E-state index in [4.69, 9.17) is 13.9 Å². The zero-order valence-electron chi connectivity index (χ0n) is 14.2. The summed E-state index contributed by atoms with van der Waals surface area (Å²) in [7, 11) is 0. The predicted molar refractivity (Wildman–Crippen MR) is 94.8 cm³/mol. The van der Waals surface area contributed by atoms with Gasteiger partial charge in [-0.25, -0.2) is 9.18 Å². The van der Waals surface area contributed by atoms with Gasteiger partial charge in [0.15, 0.2) is 6.61 Å². The number of ether oxygens (including phenoxy) is 2. The van der Waals surface area contributed by atoms with Crippen molar-refractivity contribution in [2.45, 2.75) is 6.61 Å². The highest BCUT2D eigenvalue weighted by Crippen LogP contribution is 2.15. The number of nitrogens with one attached hydrogen (secondary N) is 1. The SMILES string of the molecule is O=C(COC(=O)c1ccc(COc2ccccc2)o1)Nc1ccccc1F. The maximum atomic E-state index is 13.5. The van der Waals surface area contributed by atoms with Crippen molar-refractivity contribution >= 4 is 17.6 Å². The summed E-state index contributed by atoms with van der Waals surface area (Å²) in [5, 5.41) is 2.32. The van der Waals surface area contributed by atoms with E-state index < -0.39 is 24.3 Å². The minimum atomic E-state index is -0.801. The van der Waals surface area contributed by atoms with E-state index >= 15 is 0 Å². The molecule has 1 heterocycles. The second kappa shape index (κ2) is 8.66. The third-order valence-electron chi connectivity index (χ3n) is 3.47. The molecule has 0 saturated heterocycles. The molecule has 0 spiro atoms. The molecule has 1 amide bonds. The van der Waals surface area contributed by atoms with E-state index in [1.165, 1.54) is 24.3 Å². The standard InChI is InChI=1S/C20H16FNO5/c21-16-8-4-5-9-17(16)22-19(23)13-26-20(24)18-11-10-15(27-18)12-25-14-6-2-1-3-7-14/h1-11H,12-13H2,(H,22,23). The van der Waals surface area contributed by atoms with Gasteiger partial charge in [0.2, 0.25) is 5.76 Å². The largest absolute Gasteiger partial charge is 0.486 e. The minimum Gasteiger partial charge on any atom is -0.486 e. The molecular formula is C20H16FNO5. The van der Waals surface area contributed by atoms with Crippen molar-refractivity contribution in [2.75, 3.05) is 11.9 Å². The van der Waals surface area contributed by atoms with E-state index in [-0.39, 0.29) is 18.1 Å². The average Bonchev–Trinajstić information content (AvgIpc) is 3.16. The first-order valence-corrected chi connectivity index (χ1v) is 8.10. The summed E-state index contributed by atoms with van der Waals surface area (Å²) in [6.07, 6.45) is 0. The molecule has 138 valence electrons. The van der Waals surface area contributed by atoms with Crippen molar-refractivity contribution in [3.05, 3.63) is 84.1 Å². The van der Waals surface area contributed by atoms with E-state index in [1.54, 1.807) is 24.3 Å². The summed E-state index contributed by atoms with van der Waals surface area (Å²) < 4.78 is 29.2. The monoisotopic (exact) mass is 369 g/mol. The van der Waals surface area contributed by atoms with Crippen molar-refractivity contribution < 1.29 is 27.9 Å². The Morgan fingerprint density at radius 3 is 2.48 bits per heavy atom. The molecule has 7 heteroatoms. The molecule has 1 N–H and O–H groups in total. The second-order valence-corrected chi connectivity index (χ2v) is 5.47. The van der Waals surface area contributed by atoms with Gasteiger partial charge in [0, 0.05) is 0 Å². The first kappa shape index (κ1) is 18.2. The van der Waals surface area contributed by atoms with E-state index in [2.05, 4.69) is 5.32 Å². The molecule has 2 aromatic carbocycles. The normalized spacial score (nSPS) is 10.3. The van der Waals surface area contributed by atoms with Crippen LogP contribution >= 0.6 is 0 Å². The van der Waals surface area contributed by atoms with Crippen LogP contribution in [0.5, 0.6) is 5.75 Å². The molecule has 0 radical (unpaired) electrons. The topological polar surface area (TPSA) is 77.8 Å². The number of esters is 1. The lowest BCUT2D eigenvalue weighted by atomic mass is 10.3. The van der Waals surface area contributed by atoms with Gasteiger partial charge >= 0.3 is 5.97 Å². The third-order valence-corrected chi connectivity index (χ3v) is 3.47. The van der Waals surface area contributed by atoms with Gasteiger partial charge in [0.1, 0.15) is 23.9 Å². The lowest BCUT2D eigenvalue weighted by Crippen LogP contribution is -2.21. The highest BCUT2D eigenvalue weighted by atomic mass is 19.1. The fourth-order valence-electron chi connectivity index (χ4n) is 2.19. The lowest BCUT2D eigenvalue weighted by molar-refractivity contribution is -0.119. The molecule has 0 fully saturated rings. The second-order valence-electron chi connectivity index (χ2n) is 5.47. The van der Waals surface area contributed by atoms with Gasteiger partial charge in [0.25, 0.3) is 5.91 Å². The minimum absolute atomic E-state index is 0.0110. The maximum Gasteiger partial charge on any atom is 0.374 e. The van der Waals surface area contributed by atoms with Crippen LogP contribution < -0.4 is 10.1 Å². The molecule has 0 unspecified atom stereocenters. The number of hydrogen-bond donors (Lipinski definition) is 1. The van der Waals surface area contributed by atoms with Gasteiger partial charge in [-0.1, -0.05) is 30.3 Å². The van der Waals surface area contributed by atoms with Gasteiger partial charge in [-0.3, -0.25) is 4.79 Å².